The molecule has 4 atom stereocenters. The number of thioether (sulfide) groups is 1. The average Bonchev–Trinajstić information content (AvgIpc) is 3.16. The molecule has 120 valence electrons. The molecule has 3 aliphatic heterocycles. The van der Waals surface area contributed by atoms with Gasteiger partial charge in [0.05, 0.1) is 16.7 Å². The first-order valence-corrected chi connectivity index (χ1v) is 9.42. The van der Waals surface area contributed by atoms with E-state index in [1.54, 1.807) is 11.8 Å². The molecule has 1 spiro atoms. The zero-order chi connectivity index (χ0) is 15.3. The Kier molecular flexibility index (Phi) is 3.62. The van der Waals surface area contributed by atoms with Gasteiger partial charge in [-0.1, -0.05) is 6.07 Å². The number of pyridine rings is 1. The normalized spacial score (nSPS) is 36.4. The molecule has 3 aliphatic rings. The van der Waals surface area contributed by atoms with Crippen LogP contribution >= 0.6 is 11.8 Å². The zero-order valence-electron chi connectivity index (χ0n) is 13.7. The Bertz CT molecular complexity index is 567. The van der Waals surface area contributed by atoms with Crippen LogP contribution in [0.1, 0.15) is 12.8 Å². The van der Waals surface area contributed by atoms with Crippen LogP contribution in [0.5, 0.6) is 0 Å². The predicted octanol–water partition coefficient (Wildman–Crippen LogP) is 2.35. The molecule has 4 nitrogen and oxygen atoms in total. The molecule has 3 fully saturated rings. The van der Waals surface area contributed by atoms with Crippen LogP contribution < -0.4 is 4.90 Å². The van der Waals surface area contributed by atoms with Gasteiger partial charge in [0.2, 0.25) is 0 Å². The van der Waals surface area contributed by atoms with Crippen molar-refractivity contribution in [3.05, 3.63) is 18.2 Å². The summed E-state index contributed by atoms with van der Waals surface area (Å²) in [7, 11) is 4.35. The van der Waals surface area contributed by atoms with Gasteiger partial charge in [0.1, 0.15) is 5.82 Å². The zero-order valence-corrected chi connectivity index (χ0v) is 14.5. The van der Waals surface area contributed by atoms with E-state index in [0.717, 1.165) is 30.5 Å². The smallest absolute Gasteiger partial charge is 0.129 e. The quantitative estimate of drug-likeness (QED) is 0.795. The summed E-state index contributed by atoms with van der Waals surface area (Å²) >= 11 is 1.71. The summed E-state index contributed by atoms with van der Waals surface area (Å²) in [5.74, 6) is 2.46. The highest BCUT2D eigenvalue weighted by atomic mass is 32.2. The molecule has 4 heterocycles. The fourth-order valence-electron chi connectivity index (χ4n) is 4.72. The van der Waals surface area contributed by atoms with E-state index in [0.29, 0.717) is 17.9 Å². The summed E-state index contributed by atoms with van der Waals surface area (Å²) in [6, 6.07) is 6.35. The monoisotopic (exact) mass is 319 g/mol. The van der Waals surface area contributed by atoms with Crippen molar-refractivity contribution in [1.29, 1.82) is 0 Å². The molecule has 1 aromatic rings. The number of aromatic nitrogens is 1. The minimum Gasteiger partial charge on any atom is -0.369 e. The molecule has 0 N–H and O–H groups in total. The van der Waals surface area contributed by atoms with Gasteiger partial charge >= 0.3 is 0 Å². The number of rotatable bonds is 4. The van der Waals surface area contributed by atoms with E-state index >= 15 is 0 Å². The molecule has 0 aromatic carbocycles. The molecule has 0 radical (unpaired) electrons. The molecule has 3 saturated heterocycles. The van der Waals surface area contributed by atoms with Crippen molar-refractivity contribution in [3.8, 4) is 0 Å². The molecule has 22 heavy (non-hydrogen) atoms. The lowest BCUT2D eigenvalue weighted by Crippen LogP contribution is -2.40. The highest BCUT2D eigenvalue weighted by molar-refractivity contribution is 7.98. The first kappa shape index (κ1) is 14.8. The fraction of sp³-hybridized carbons (Fsp3) is 0.706. The maximum atomic E-state index is 6.50. The van der Waals surface area contributed by atoms with Crippen LogP contribution in [0.4, 0.5) is 5.82 Å². The van der Waals surface area contributed by atoms with Gasteiger partial charge < -0.3 is 14.5 Å². The molecule has 5 heteroatoms. The Morgan fingerprint density at radius 1 is 1.45 bits per heavy atom. The van der Waals surface area contributed by atoms with E-state index in [-0.39, 0.29) is 5.60 Å². The SMILES string of the molecule is CSc1cccc(N2C[C@H]3[C@@H](CN(C)C)[C@@H]4CC[C@@]3(C2)O4)n1. The van der Waals surface area contributed by atoms with Crippen LogP contribution in [0.15, 0.2) is 23.2 Å². The Morgan fingerprint density at radius 3 is 3.09 bits per heavy atom. The number of hydrogen-bond acceptors (Lipinski definition) is 5. The van der Waals surface area contributed by atoms with E-state index in [2.05, 4.69) is 48.4 Å². The van der Waals surface area contributed by atoms with Crippen LogP contribution in [-0.4, -0.2) is 61.6 Å². The first-order valence-electron chi connectivity index (χ1n) is 8.20. The van der Waals surface area contributed by atoms with Crippen molar-refractivity contribution in [1.82, 2.24) is 9.88 Å². The van der Waals surface area contributed by atoms with Gasteiger partial charge in [0.15, 0.2) is 0 Å². The number of fused-ring (bicyclic) bond motifs is 1. The van der Waals surface area contributed by atoms with Gasteiger partial charge in [-0.25, -0.2) is 4.98 Å². The van der Waals surface area contributed by atoms with Gasteiger partial charge in [-0.05, 0) is 45.3 Å². The Hall–Kier alpha value is -0.780. The Morgan fingerprint density at radius 2 is 2.32 bits per heavy atom. The number of ether oxygens (including phenoxy) is 1. The van der Waals surface area contributed by atoms with E-state index in [1.165, 1.54) is 12.8 Å². The predicted molar refractivity (Wildman–Crippen MR) is 90.6 cm³/mol. The number of nitrogens with zero attached hydrogens (tertiary/aromatic N) is 3. The van der Waals surface area contributed by atoms with Crippen LogP contribution in [0, 0.1) is 11.8 Å². The van der Waals surface area contributed by atoms with Crippen molar-refractivity contribution in [2.75, 3.05) is 44.9 Å². The standard InChI is InChI=1S/C17H25N3OS/c1-19(2)9-12-13-10-20(11-17(13)8-7-14(12)21-17)15-5-4-6-16(18-15)22-3/h4-6,12-14H,7-11H2,1-3H3/t12-,13+,14+,17+/m1/s1. The highest BCUT2D eigenvalue weighted by Crippen LogP contribution is 2.55. The van der Waals surface area contributed by atoms with Gasteiger partial charge in [-0.2, -0.15) is 0 Å². The van der Waals surface area contributed by atoms with Crippen LogP contribution in [0.25, 0.3) is 0 Å². The summed E-state index contributed by atoms with van der Waals surface area (Å²) in [4.78, 5) is 9.56. The van der Waals surface area contributed by atoms with Gasteiger partial charge in [-0.3, -0.25) is 0 Å². The largest absolute Gasteiger partial charge is 0.369 e. The van der Waals surface area contributed by atoms with Crippen molar-refractivity contribution >= 4 is 17.6 Å². The third-order valence-corrected chi connectivity index (χ3v) is 6.25. The van der Waals surface area contributed by atoms with E-state index < -0.39 is 0 Å². The van der Waals surface area contributed by atoms with Gasteiger partial charge in [0, 0.05) is 31.5 Å². The molecule has 4 rings (SSSR count). The molecule has 0 amide bonds. The second kappa shape index (κ2) is 5.39. The maximum Gasteiger partial charge on any atom is 0.129 e. The molecular weight excluding hydrogens is 294 g/mol. The molecular formula is C17H25N3OS. The molecule has 0 aliphatic carbocycles. The highest BCUT2D eigenvalue weighted by Gasteiger charge is 2.63. The third-order valence-electron chi connectivity index (χ3n) is 5.60. The summed E-state index contributed by atoms with van der Waals surface area (Å²) < 4.78 is 6.50. The number of hydrogen-bond donors (Lipinski definition) is 0. The minimum absolute atomic E-state index is 0.0996. The van der Waals surface area contributed by atoms with Crippen LogP contribution in [0.3, 0.4) is 0 Å². The second-order valence-electron chi connectivity index (χ2n) is 7.21. The molecule has 0 unspecified atom stereocenters. The molecule has 2 bridgehead atoms. The van der Waals surface area contributed by atoms with Crippen molar-refractivity contribution in [2.45, 2.75) is 29.6 Å². The molecule has 1 aromatic heterocycles. The van der Waals surface area contributed by atoms with Gasteiger partial charge in [-0.15, -0.1) is 11.8 Å². The minimum atomic E-state index is 0.0996. The lowest BCUT2D eigenvalue weighted by molar-refractivity contribution is 0.0136. The van der Waals surface area contributed by atoms with Gasteiger partial charge in [0.25, 0.3) is 0 Å². The Balaban J connectivity index is 1.58. The summed E-state index contributed by atoms with van der Waals surface area (Å²) in [5.41, 5.74) is 0.0996. The van der Waals surface area contributed by atoms with Crippen LogP contribution in [0.2, 0.25) is 0 Å². The van der Waals surface area contributed by atoms with Crippen molar-refractivity contribution < 1.29 is 4.74 Å². The van der Waals surface area contributed by atoms with Crippen molar-refractivity contribution in [2.24, 2.45) is 11.8 Å². The fourth-order valence-corrected chi connectivity index (χ4v) is 5.12. The Labute approximate surface area is 137 Å². The first-order chi connectivity index (χ1) is 10.6. The van der Waals surface area contributed by atoms with E-state index in [9.17, 15) is 0 Å². The lowest BCUT2D eigenvalue weighted by Gasteiger charge is -2.30. The second-order valence-corrected chi connectivity index (χ2v) is 8.04. The number of anilines is 1. The maximum absolute atomic E-state index is 6.50. The van der Waals surface area contributed by atoms with Crippen LogP contribution in [-0.2, 0) is 4.74 Å². The van der Waals surface area contributed by atoms with E-state index in [1.807, 2.05) is 0 Å². The lowest BCUT2D eigenvalue weighted by atomic mass is 9.73. The summed E-state index contributed by atoms with van der Waals surface area (Å²) in [5, 5.41) is 1.10. The summed E-state index contributed by atoms with van der Waals surface area (Å²) in [6.45, 7) is 3.26. The summed E-state index contributed by atoms with van der Waals surface area (Å²) in [6.07, 6.45) is 5.04. The molecule has 0 saturated carbocycles. The van der Waals surface area contributed by atoms with E-state index in [4.69, 9.17) is 9.72 Å². The average molecular weight is 319 g/mol. The topological polar surface area (TPSA) is 28.6 Å². The van der Waals surface area contributed by atoms with Crippen molar-refractivity contribution in [3.63, 3.8) is 0 Å². The third kappa shape index (κ3) is 2.25.